The van der Waals surface area contributed by atoms with E-state index in [4.69, 9.17) is 4.74 Å². The van der Waals surface area contributed by atoms with Gasteiger partial charge in [-0.3, -0.25) is 14.6 Å². The van der Waals surface area contributed by atoms with Crippen LogP contribution >= 0.6 is 11.3 Å². The highest BCUT2D eigenvalue weighted by molar-refractivity contribution is 7.89. The number of carbonyl (C=O) groups is 2. The van der Waals surface area contributed by atoms with Gasteiger partial charge in [-0.05, 0) is 61.8 Å². The van der Waals surface area contributed by atoms with Crippen LogP contribution in [-0.2, 0) is 27.2 Å². The summed E-state index contributed by atoms with van der Waals surface area (Å²) in [7, 11) is -3.96. The first kappa shape index (κ1) is 42.0. The molecule has 10 nitrogen and oxygen atoms in total. The SMILES string of the molecule is C=C(O)CCCNS(=O)(=O)c1ccccc1C1CCN(C(=O)[C@]2(Oc3csc(C(F)(F)F)c3)CCCN(C(=O)c3ncccc3C(F)(F)F)[C@@H]2CCC)CC1. The first-order chi connectivity index (χ1) is 25.9. The molecule has 2 aromatic heterocycles. The maximum Gasteiger partial charge on any atom is 0.425 e. The second-order valence-corrected chi connectivity index (χ2v) is 16.3. The van der Waals surface area contributed by atoms with E-state index in [0.717, 1.165) is 34.7 Å². The summed E-state index contributed by atoms with van der Waals surface area (Å²) < 4.78 is 119. The predicted octanol–water partition coefficient (Wildman–Crippen LogP) is 7.94. The zero-order valence-corrected chi connectivity index (χ0v) is 31.6. The average molecular weight is 817 g/mol. The number of nitrogens with zero attached hydrogens (tertiary/aromatic N) is 3. The van der Waals surface area contributed by atoms with E-state index in [1.165, 1.54) is 11.0 Å². The zero-order valence-electron chi connectivity index (χ0n) is 30.0. The molecule has 18 heteroatoms. The monoisotopic (exact) mass is 816 g/mol. The van der Waals surface area contributed by atoms with Crippen LogP contribution in [0.15, 0.2) is 71.3 Å². The summed E-state index contributed by atoms with van der Waals surface area (Å²) >= 11 is 0.363. The molecule has 1 aromatic carbocycles. The maximum atomic E-state index is 14.9. The van der Waals surface area contributed by atoms with Gasteiger partial charge < -0.3 is 19.6 Å². The number of hydrogen-bond acceptors (Lipinski definition) is 8. The van der Waals surface area contributed by atoms with Gasteiger partial charge in [0.05, 0.1) is 22.3 Å². The van der Waals surface area contributed by atoms with Crippen molar-refractivity contribution in [2.24, 2.45) is 0 Å². The number of carbonyl (C=O) groups excluding carboxylic acids is 2. The van der Waals surface area contributed by atoms with Crippen LogP contribution in [0.3, 0.4) is 0 Å². The Balaban J connectivity index is 1.46. The fourth-order valence-corrected chi connectivity index (χ4v) is 9.42. The van der Waals surface area contributed by atoms with Crippen LogP contribution in [0.25, 0.3) is 0 Å². The number of allylic oxidation sites excluding steroid dienone is 1. The van der Waals surface area contributed by atoms with Crippen molar-refractivity contribution in [2.75, 3.05) is 26.2 Å². The van der Waals surface area contributed by atoms with E-state index >= 15 is 0 Å². The lowest BCUT2D eigenvalue weighted by Gasteiger charge is -2.50. The van der Waals surface area contributed by atoms with Crippen molar-refractivity contribution in [3.8, 4) is 5.75 Å². The molecule has 0 aliphatic carbocycles. The number of sulfonamides is 1. The van der Waals surface area contributed by atoms with Gasteiger partial charge in [-0.2, -0.15) is 26.3 Å². The van der Waals surface area contributed by atoms with Crippen molar-refractivity contribution in [2.45, 2.75) is 93.1 Å². The number of amides is 2. The Morgan fingerprint density at radius 2 is 1.78 bits per heavy atom. The predicted molar refractivity (Wildman–Crippen MR) is 192 cm³/mol. The minimum atomic E-state index is -4.92. The molecule has 55 heavy (non-hydrogen) atoms. The Morgan fingerprint density at radius 1 is 1.07 bits per heavy atom. The van der Waals surface area contributed by atoms with Gasteiger partial charge >= 0.3 is 12.4 Å². The number of benzene rings is 1. The van der Waals surface area contributed by atoms with Crippen LogP contribution in [0.2, 0.25) is 0 Å². The Labute approximate surface area is 319 Å². The molecule has 2 aliphatic heterocycles. The molecule has 2 atom stereocenters. The second-order valence-electron chi connectivity index (χ2n) is 13.6. The van der Waals surface area contributed by atoms with Gasteiger partial charge in [0.25, 0.3) is 11.8 Å². The second kappa shape index (κ2) is 16.9. The number of pyridine rings is 1. The smallest absolute Gasteiger partial charge is 0.425 e. The molecule has 2 aliphatic rings. The van der Waals surface area contributed by atoms with Crippen molar-refractivity contribution in [3.63, 3.8) is 0 Å². The summed E-state index contributed by atoms with van der Waals surface area (Å²) in [6.45, 7) is 5.35. The van der Waals surface area contributed by atoms with Gasteiger partial charge in [0, 0.05) is 56.7 Å². The van der Waals surface area contributed by atoms with Crippen molar-refractivity contribution in [3.05, 3.63) is 88.1 Å². The first-order valence-corrected chi connectivity index (χ1v) is 20.2. The van der Waals surface area contributed by atoms with Crippen LogP contribution in [-0.4, -0.2) is 77.9 Å². The molecule has 0 radical (unpaired) electrons. The van der Waals surface area contributed by atoms with Crippen molar-refractivity contribution < 1.29 is 54.2 Å². The lowest BCUT2D eigenvalue weighted by atomic mass is 9.79. The van der Waals surface area contributed by atoms with E-state index in [-0.39, 0.29) is 74.2 Å². The number of piperidine rings is 2. The lowest BCUT2D eigenvalue weighted by molar-refractivity contribution is -0.160. The molecule has 0 spiro atoms. The normalized spacial score (nSPS) is 20.0. The maximum absolute atomic E-state index is 14.9. The summed E-state index contributed by atoms with van der Waals surface area (Å²) in [6.07, 6.45) is -6.95. The van der Waals surface area contributed by atoms with E-state index < -0.39 is 62.0 Å². The van der Waals surface area contributed by atoms with E-state index in [1.807, 2.05) is 0 Å². The molecular formula is C37H42F6N4O6S2. The Kier molecular flexibility index (Phi) is 12.9. The number of aliphatic hydroxyl groups is 1. The number of likely N-dealkylation sites (tertiary alicyclic amines) is 2. The summed E-state index contributed by atoms with van der Waals surface area (Å²) in [5, 5.41) is 10.4. The Morgan fingerprint density at radius 3 is 2.42 bits per heavy atom. The first-order valence-electron chi connectivity index (χ1n) is 17.8. The minimum Gasteiger partial charge on any atom is -0.513 e. The molecular weight excluding hydrogens is 775 g/mol. The van der Waals surface area contributed by atoms with E-state index in [9.17, 15) is 49.5 Å². The number of nitrogens with one attached hydrogen (secondary N) is 1. The van der Waals surface area contributed by atoms with E-state index in [1.54, 1.807) is 25.1 Å². The number of thiophene rings is 1. The largest absolute Gasteiger partial charge is 0.513 e. The van der Waals surface area contributed by atoms with Crippen molar-refractivity contribution >= 4 is 33.2 Å². The molecule has 300 valence electrons. The molecule has 2 amide bonds. The minimum absolute atomic E-state index is 0.0396. The van der Waals surface area contributed by atoms with E-state index in [2.05, 4.69) is 16.3 Å². The van der Waals surface area contributed by atoms with Gasteiger partial charge in [0.1, 0.15) is 16.3 Å². The average Bonchev–Trinajstić information content (AvgIpc) is 3.62. The van der Waals surface area contributed by atoms with E-state index in [0.29, 0.717) is 42.6 Å². The van der Waals surface area contributed by atoms with Gasteiger partial charge in [-0.25, -0.2) is 13.1 Å². The van der Waals surface area contributed by atoms with Gasteiger partial charge in [-0.15, -0.1) is 11.3 Å². The van der Waals surface area contributed by atoms with Crippen molar-refractivity contribution in [1.82, 2.24) is 19.5 Å². The molecule has 5 rings (SSSR count). The summed E-state index contributed by atoms with van der Waals surface area (Å²) in [5.41, 5.74) is -3.57. The van der Waals surface area contributed by atoms with Crippen LogP contribution in [0.5, 0.6) is 5.75 Å². The highest BCUT2D eigenvalue weighted by Crippen LogP contribution is 2.43. The van der Waals surface area contributed by atoms with Crippen LogP contribution in [0.4, 0.5) is 26.3 Å². The fourth-order valence-electron chi connectivity index (χ4n) is 7.38. The molecule has 2 fully saturated rings. The standard InChI is InChI=1S/C37H42F6N4O6S2/c1-3-9-30-35(53-26-22-31(54-23-26)37(41,42)43,16-8-19-47(30)33(49)32-28(36(38,39)40)12-7-17-44-32)34(50)46-20-14-25(15-21-46)27-11-4-5-13-29(27)55(51,52)45-18-6-10-24(2)48/h4-5,7,11-13,17,22-23,25,30,45,48H,2-3,6,8-10,14-16,18-21H2,1H3/t30-,35+/m1/s1. The third-order valence-corrected chi connectivity index (χ3v) is 12.4. The summed E-state index contributed by atoms with van der Waals surface area (Å²) in [5.74, 6) is -2.35. The fraction of sp³-hybridized carbons (Fsp3) is 0.486. The molecule has 0 bridgehead atoms. The Hall–Kier alpha value is -4.16. The number of halogens is 6. The number of aromatic nitrogens is 1. The third kappa shape index (κ3) is 9.45. The molecule has 4 heterocycles. The van der Waals surface area contributed by atoms with Gasteiger partial charge in [0.15, 0.2) is 0 Å². The highest BCUT2D eigenvalue weighted by Gasteiger charge is 2.56. The molecule has 2 saturated heterocycles. The summed E-state index contributed by atoms with van der Waals surface area (Å²) in [6, 6.07) is 7.84. The quantitative estimate of drug-likeness (QED) is 0.102. The Bertz CT molecular complexity index is 1960. The number of alkyl halides is 6. The number of rotatable bonds is 13. The van der Waals surface area contributed by atoms with Gasteiger partial charge in [0.2, 0.25) is 15.6 Å². The van der Waals surface area contributed by atoms with Crippen molar-refractivity contribution in [1.29, 1.82) is 0 Å². The molecule has 3 aromatic rings. The zero-order chi connectivity index (χ0) is 40.2. The molecule has 2 N–H and O–H groups in total. The highest BCUT2D eigenvalue weighted by atomic mass is 32.2. The van der Waals surface area contributed by atoms with Crippen LogP contribution in [0, 0.1) is 0 Å². The summed E-state index contributed by atoms with van der Waals surface area (Å²) in [4.78, 5) is 34.4. The topological polar surface area (TPSA) is 129 Å². The molecule has 0 saturated carbocycles. The van der Waals surface area contributed by atoms with Crippen LogP contribution < -0.4 is 9.46 Å². The van der Waals surface area contributed by atoms with Crippen LogP contribution in [0.1, 0.15) is 90.7 Å². The third-order valence-electron chi connectivity index (χ3n) is 9.88. The number of ether oxygens (including phenoxy) is 1. The number of aliphatic hydroxyl groups excluding tert-OH is 1. The number of hydrogen-bond donors (Lipinski definition) is 2. The lowest BCUT2D eigenvalue weighted by Crippen LogP contribution is -2.68. The van der Waals surface area contributed by atoms with Gasteiger partial charge in [-0.1, -0.05) is 38.1 Å². The molecule has 0 unspecified atom stereocenters.